The van der Waals surface area contributed by atoms with Crippen LogP contribution in [0.15, 0.2) is 30.3 Å². The molecule has 158 valence electrons. The van der Waals surface area contributed by atoms with Crippen LogP contribution in [0.2, 0.25) is 0 Å². The van der Waals surface area contributed by atoms with E-state index in [9.17, 15) is 9.59 Å². The average molecular weight is 421 g/mol. The van der Waals surface area contributed by atoms with E-state index in [4.69, 9.17) is 14.7 Å². The van der Waals surface area contributed by atoms with E-state index in [2.05, 4.69) is 5.32 Å². The summed E-state index contributed by atoms with van der Waals surface area (Å²) in [5.74, 6) is -0.435. The number of hydrogen-bond acceptors (Lipinski definition) is 7. The molecule has 0 unspecified atom stereocenters. The Kier molecular flexibility index (Phi) is 8.63. The van der Waals surface area contributed by atoms with Crippen LogP contribution in [0, 0.1) is 6.92 Å². The summed E-state index contributed by atoms with van der Waals surface area (Å²) in [7, 11) is 0. The van der Waals surface area contributed by atoms with Gasteiger partial charge in [-0.25, -0.2) is 4.79 Å². The smallest absolute Gasteiger partial charge is 0.342 e. The lowest BCUT2D eigenvalue weighted by molar-refractivity contribution is -0.0883. The second-order valence-corrected chi connectivity index (χ2v) is 7.99. The zero-order valence-corrected chi connectivity index (χ0v) is 18.0. The van der Waals surface area contributed by atoms with Crippen LogP contribution >= 0.6 is 11.3 Å². The number of aliphatic hydroxyl groups excluding tert-OH is 1. The second-order valence-electron chi connectivity index (χ2n) is 6.70. The first-order chi connectivity index (χ1) is 13.8. The number of anilines is 1. The molecule has 2 aromatic rings. The standard InChI is InChI=1S/C21H28N2O5S/c1-5-27-21(26)17-13-16(22-20(25)19-10-7-15(4)29-19)8-9-18(17)28-23(14(2)3)11-6-12-24/h7-10,13-14,24H,5-6,11-12H2,1-4H3,(H,22,25). The van der Waals surface area contributed by atoms with E-state index < -0.39 is 5.97 Å². The quantitative estimate of drug-likeness (QED) is 0.448. The number of aryl methyl sites for hydroxylation is 1. The number of hydroxylamine groups is 2. The fourth-order valence-electron chi connectivity index (χ4n) is 2.57. The molecule has 0 radical (unpaired) electrons. The molecule has 1 aromatic carbocycles. The second kappa shape index (κ2) is 10.9. The summed E-state index contributed by atoms with van der Waals surface area (Å²) in [5.41, 5.74) is 0.699. The van der Waals surface area contributed by atoms with Crippen LogP contribution < -0.4 is 10.2 Å². The molecule has 8 heteroatoms. The highest BCUT2D eigenvalue weighted by Crippen LogP contribution is 2.26. The normalized spacial score (nSPS) is 11.0. The van der Waals surface area contributed by atoms with Crippen molar-refractivity contribution in [3.05, 3.63) is 45.6 Å². The molecule has 0 saturated carbocycles. The van der Waals surface area contributed by atoms with Gasteiger partial charge in [0.25, 0.3) is 5.91 Å². The number of benzene rings is 1. The predicted octanol–water partition coefficient (Wildman–Crippen LogP) is 3.87. The van der Waals surface area contributed by atoms with Gasteiger partial charge in [-0.3, -0.25) is 4.79 Å². The number of aliphatic hydroxyl groups is 1. The van der Waals surface area contributed by atoms with Crippen LogP contribution in [-0.2, 0) is 4.74 Å². The summed E-state index contributed by atoms with van der Waals surface area (Å²) in [4.78, 5) is 32.5. The van der Waals surface area contributed by atoms with Crippen LogP contribution in [0.4, 0.5) is 5.69 Å². The molecule has 29 heavy (non-hydrogen) atoms. The third kappa shape index (κ3) is 6.56. The van der Waals surface area contributed by atoms with E-state index in [1.807, 2.05) is 26.8 Å². The lowest BCUT2D eigenvalue weighted by atomic mass is 10.1. The van der Waals surface area contributed by atoms with Crippen molar-refractivity contribution in [3.8, 4) is 5.75 Å². The van der Waals surface area contributed by atoms with Crippen LogP contribution in [0.3, 0.4) is 0 Å². The first-order valence-electron chi connectivity index (χ1n) is 9.60. The van der Waals surface area contributed by atoms with Crippen LogP contribution in [0.1, 0.15) is 52.1 Å². The van der Waals surface area contributed by atoms with E-state index in [-0.39, 0.29) is 30.7 Å². The van der Waals surface area contributed by atoms with Gasteiger partial charge in [0.2, 0.25) is 0 Å². The van der Waals surface area contributed by atoms with Crippen molar-refractivity contribution in [2.45, 2.75) is 40.2 Å². The molecular formula is C21H28N2O5S. The third-order valence-corrected chi connectivity index (χ3v) is 5.02. The van der Waals surface area contributed by atoms with Gasteiger partial charge in [-0.2, -0.15) is 0 Å². The predicted molar refractivity (Wildman–Crippen MR) is 114 cm³/mol. The Labute approximate surface area is 175 Å². The van der Waals surface area contributed by atoms with Gasteiger partial charge in [-0.1, -0.05) is 0 Å². The molecule has 0 atom stereocenters. The summed E-state index contributed by atoms with van der Waals surface area (Å²) in [6, 6.07) is 8.56. The largest absolute Gasteiger partial charge is 0.462 e. The van der Waals surface area contributed by atoms with Crippen molar-refractivity contribution in [3.63, 3.8) is 0 Å². The monoisotopic (exact) mass is 420 g/mol. The number of amides is 1. The van der Waals surface area contributed by atoms with E-state index >= 15 is 0 Å². The van der Waals surface area contributed by atoms with Crippen molar-refractivity contribution in [2.75, 3.05) is 25.1 Å². The van der Waals surface area contributed by atoms with E-state index in [1.54, 1.807) is 36.3 Å². The van der Waals surface area contributed by atoms with Gasteiger partial charge in [0.1, 0.15) is 5.56 Å². The lowest BCUT2D eigenvalue weighted by Gasteiger charge is -2.27. The fourth-order valence-corrected chi connectivity index (χ4v) is 3.33. The van der Waals surface area contributed by atoms with Crippen molar-refractivity contribution in [1.29, 1.82) is 0 Å². The SMILES string of the molecule is CCOC(=O)c1cc(NC(=O)c2ccc(C)s2)ccc1ON(CCCO)C(C)C. The summed E-state index contributed by atoms with van der Waals surface area (Å²) in [6.07, 6.45) is 0.543. The molecular weight excluding hydrogens is 392 g/mol. The number of nitrogens with one attached hydrogen (secondary N) is 1. The van der Waals surface area contributed by atoms with Crippen molar-refractivity contribution in [2.24, 2.45) is 0 Å². The Morgan fingerprint density at radius 1 is 1.24 bits per heavy atom. The topological polar surface area (TPSA) is 88.1 Å². The van der Waals surface area contributed by atoms with Gasteiger partial charge < -0.3 is 20.0 Å². The first-order valence-corrected chi connectivity index (χ1v) is 10.4. The van der Waals surface area contributed by atoms with Crippen molar-refractivity contribution < 1.29 is 24.3 Å². The Bertz CT molecular complexity index is 834. The Morgan fingerprint density at radius 3 is 2.59 bits per heavy atom. The van der Waals surface area contributed by atoms with Gasteiger partial charge in [0, 0.05) is 29.8 Å². The minimum absolute atomic E-state index is 0.0399. The molecule has 0 aliphatic rings. The van der Waals surface area contributed by atoms with Gasteiger partial charge in [-0.05, 0) is 64.4 Å². The van der Waals surface area contributed by atoms with E-state index in [0.717, 1.165) is 4.88 Å². The van der Waals surface area contributed by atoms with E-state index in [1.165, 1.54) is 11.3 Å². The molecule has 1 aromatic heterocycles. The highest BCUT2D eigenvalue weighted by molar-refractivity contribution is 7.14. The maximum Gasteiger partial charge on any atom is 0.342 e. The maximum atomic E-state index is 12.5. The number of carbonyl (C=O) groups excluding carboxylic acids is 2. The number of ether oxygens (including phenoxy) is 1. The molecule has 0 aliphatic heterocycles. The highest BCUT2D eigenvalue weighted by Gasteiger charge is 2.20. The molecule has 7 nitrogen and oxygen atoms in total. The minimum atomic E-state index is -0.531. The lowest BCUT2D eigenvalue weighted by Crippen LogP contribution is -2.36. The average Bonchev–Trinajstić information content (AvgIpc) is 3.12. The van der Waals surface area contributed by atoms with Gasteiger partial charge in [0.05, 0.1) is 11.5 Å². The van der Waals surface area contributed by atoms with E-state index in [0.29, 0.717) is 29.3 Å². The molecule has 0 aliphatic carbocycles. The van der Waals surface area contributed by atoms with Gasteiger partial charge in [-0.15, -0.1) is 16.4 Å². The summed E-state index contributed by atoms with van der Waals surface area (Å²) in [5, 5.41) is 13.6. The summed E-state index contributed by atoms with van der Waals surface area (Å²) >= 11 is 1.40. The van der Waals surface area contributed by atoms with Crippen LogP contribution in [-0.4, -0.2) is 47.8 Å². The number of esters is 1. The number of carbonyl (C=O) groups is 2. The maximum absolute atomic E-state index is 12.5. The minimum Gasteiger partial charge on any atom is -0.462 e. The highest BCUT2D eigenvalue weighted by atomic mass is 32.1. The fraction of sp³-hybridized carbons (Fsp3) is 0.429. The molecule has 0 bridgehead atoms. The number of nitrogens with zero attached hydrogens (tertiary/aromatic N) is 1. The Hall–Kier alpha value is -2.42. The summed E-state index contributed by atoms with van der Waals surface area (Å²) < 4.78 is 5.15. The number of hydrogen-bond donors (Lipinski definition) is 2. The van der Waals surface area contributed by atoms with Gasteiger partial charge in [0.15, 0.2) is 5.75 Å². The molecule has 1 amide bonds. The van der Waals surface area contributed by atoms with Crippen molar-refractivity contribution in [1.82, 2.24) is 5.06 Å². The number of thiophene rings is 1. The third-order valence-electron chi connectivity index (χ3n) is 4.03. The van der Waals surface area contributed by atoms with Crippen molar-refractivity contribution >= 4 is 28.9 Å². The number of rotatable bonds is 10. The van der Waals surface area contributed by atoms with Crippen LogP contribution in [0.25, 0.3) is 0 Å². The Morgan fingerprint density at radius 2 is 2.00 bits per heavy atom. The molecule has 2 N–H and O–H groups in total. The molecule has 0 spiro atoms. The first kappa shape index (κ1) is 22.9. The molecule has 0 fully saturated rings. The zero-order chi connectivity index (χ0) is 21.4. The van der Waals surface area contributed by atoms with Crippen LogP contribution in [0.5, 0.6) is 5.75 Å². The molecule has 1 heterocycles. The zero-order valence-electron chi connectivity index (χ0n) is 17.2. The Balaban J connectivity index is 2.27. The molecule has 0 saturated heterocycles. The van der Waals surface area contributed by atoms with Gasteiger partial charge >= 0.3 is 5.97 Å². The summed E-state index contributed by atoms with van der Waals surface area (Å²) in [6.45, 7) is 8.35. The molecule has 2 rings (SSSR count).